The molecule has 1 amide bonds. The second-order valence-electron chi connectivity index (χ2n) is 7.07. The van der Waals surface area contributed by atoms with E-state index in [9.17, 15) is 13.2 Å². The highest BCUT2D eigenvalue weighted by atomic mass is 35.5. The van der Waals surface area contributed by atoms with E-state index in [-0.39, 0.29) is 18.3 Å². The van der Waals surface area contributed by atoms with Crippen molar-refractivity contribution in [2.24, 2.45) is 0 Å². The van der Waals surface area contributed by atoms with Gasteiger partial charge in [-0.3, -0.25) is 9.69 Å². The van der Waals surface area contributed by atoms with Crippen LogP contribution in [-0.2, 0) is 21.2 Å². The minimum atomic E-state index is -3.43. The van der Waals surface area contributed by atoms with Crippen LogP contribution in [0.25, 0.3) is 0 Å². The van der Waals surface area contributed by atoms with Crippen LogP contribution in [0.15, 0.2) is 59.5 Å². The summed E-state index contributed by atoms with van der Waals surface area (Å²) in [5.74, 6) is 0.00628. The van der Waals surface area contributed by atoms with Gasteiger partial charge in [0, 0.05) is 39.3 Å². The van der Waals surface area contributed by atoms with Gasteiger partial charge in [-0.15, -0.1) is 12.4 Å². The molecule has 8 heteroatoms. The third-order valence-corrected chi connectivity index (χ3v) is 6.86. The third-order valence-electron chi connectivity index (χ3n) is 4.95. The average molecular weight is 438 g/mol. The number of halogens is 1. The maximum Gasteiger partial charge on any atom is 0.243 e. The van der Waals surface area contributed by atoms with Crippen molar-refractivity contribution in [3.8, 4) is 0 Å². The van der Waals surface area contributed by atoms with E-state index in [4.69, 9.17) is 0 Å². The summed E-state index contributed by atoms with van der Waals surface area (Å²) in [6, 6.07) is 16.6. The molecule has 0 atom stereocenters. The fraction of sp³-hybridized carbons (Fsp3) is 0.381. The summed E-state index contributed by atoms with van der Waals surface area (Å²) in [6.45, 7) is 5.49. The Balaban J connectivity index is 0.00000300. The van der Waals surface area contributed by atoms with E-state index in [1.54, 1.807) is 16.4 Å². The van der Waals surface area contributed by atoms with Crippen molar-refractivity contribution in [1.29, 1.82) is 0 Å². The van der Waals surface area contributed by atoms with E-state index in [1.807, 2.05) is 49.4 Å². The van der Waals surface area contributed by atoms with Crippen LogP contribution >= 0.6 is 12.4 Å². The summed E-state index contributed by atoms with van der Waals surface area (Å²) in [6.07, 6.45) is 0.378. The highest BCUT2D eigenvalue weighted by Crippen LogP contribution is 2.18. The van der Waals surface area contributed by atoms with E-state index in [1.165, 1.54) is 0 Å². The fourth-order valence-corrected chi connectivity index (χ4v) is 4.67. The van der Waals surface area contributed by atoms with Gasteiger partial charge in [-0.05, 0) is 24.6 Å². The number of hydrogen-bond donors (Lipinski definition) is 1. The van der Waals surface area contributed by atoms with Crippen molar-refractivity contribution >= 4 is 28.3 Å². The second kappa shape index (κ2) is 10.7. The molecular formula is C21H28ClN3O3S. The van der Waals surface area contributed by atoms with Crippen LogP contribution in [-0.4, -0.2) is 62.8 Å². The van der Waals surface area contributed by atoms with Crippen LogP contribution in [0.4, 0.5) is 0 Å². The van der Waals surface area contributed by atoms with Crippen molar-refractivity contribution < 1.29 is 13.2 Å². The number of aryl methyl sites for hydroxylation is 1. The molecule has 1 aliphatic heterocycles. The lowest BCUT2D eigenvalue weighted by atomic mass is 10.1. The summed E-state index contributed by atoms with van der Waals surface area (Å²) in [5, 5.41) is 2.94. The van der Waals surface area contributed by atoms with Gasteiger partial charge in [0.05, 0.1) is 11.3 Å². The Morgan fingerprint density at radius 2 is 1.59 bits per heavy atom. The molecule has 2 aromatic carbocycles. The van der Waals surface area contributed by atoms with Gasteiger partial charge in [0.15, 0.2) is 0 Å². The van der Waals surface area contributed by atoms with Crippen LogP contribution in [0.2, 0.25) is 0 Å². The molecule has 3 rings (SSSR count). The Kier molecular flexibility index (Phi) is 8.64. The Morgan fingerprint density at radius 3 is 2.21 bits per heavy atom. The van der Waals surface area contributed by atoms with Crippen LogP contribution in [0, 0.1) is 6.92 Å². The Bertz CT molecular complexity index is 881. The van der Waals surface area contributed by atoms with Crippen LogP contribution in [0.5, 0.6) is 0 Å². The topological polar surface area (TPSA) is 69.7 Å². The van der Waals surface area contributed by atoms with E-state index in [0.29, 0.717) is 44.0 Å². The first kappa shape index (κ1) is 23.3. The van der Waals surface area contributed by atoms with Gasteiger partial charge < -0.3 is 5.32 Å². The van der Waals surface area contributed by atoms with Gasteiger partial charge in [-0.25, -0.2) is 8.42 Å². The molecule has 0 saturated carbocycles. The molecule has 0 bridgehead atoms. The molecule has 1 aliphatic rings. The summed E-state index contributed by atoms with van der Waals surface area (Å²) in [7, 11) is -3.43. The molecule has 0 aromatic heterocycles. The Hall–Kier alpha value is -1.93. The molecule has 1 fully saturated rings. The zero-order chi connectivity index (χ0) is 20.0. The summed E-state index contributed by atoms with van der Waals surface area (Å²) in [5.41, 5.74) is 2.04. The number of hydrogen-bond acceptors (Lipinski definition) is 4. The molecule has 0 unspecified atom stereocenters. The normalized spacial score (nSPS) is 15.5. The highest BCUT2D eigenvalue weighted by molar-refractivity contribution is 7.89. The number of amides is 1. The monoisotopic (exact) mass is 437 g/mol. The average Bonchev–Trinajstić information content (AvgIpc) is 2.69. The number of rotatable bonds is 7. The molecule has 0 radical (unpaired) electrons. The van der Waals surface area contributed by atoms with Crippen molar-refractivity contribution in [1.82, 2.24) is 14.5 Å². The van der Waals surface area contributed by atoms with Crippen molar-refractivity contribution in [3.05, 3.63) is 65.7 Å². The van der Waals surface area contributed by atoms with E-state index in [0.717, 1.165) is 17.7 Å². The molecule has 0 spiro atoms. The number of benzene rings is 2. The summed E-state index contributed by atoms with van der Waals surface area (Å²) >= 11 is 0. The molecule has 1 heterocycles. The van der Waals surface area contributed by atoms with Crippen molar-refractivity contribution in [2.75, 3.05) is 39.3 Å². The van der Waals surface area contributed by atoms with E-state index >= 15 is 0 Å². The minimum absolute atomic E-state index is 0. The van der Waals surface area contributed by atoms with Crippen molar-refractivity contribution in [2.45, 2.75) is 18.2 Å². The Morgan fingerprint density at radius 1 is 0.966 bits per heavy atom. The van der Waals surface area contributed by atoms with E-state index < -0.39 is 10.0 Å². The summed E-state index contributed by atoms with van der Waals surface area (Å²) < 4.78 is 27.0. The summed E-state index contributed by atoms with van der Waals surface area (Å²) in [4.78, 5) is 14.5. The lowest BCUT2D eigenvalue weighted by Crippen LogP contribution is -2.50. The number of piperazine rings is 1. The maximum atomic E-state index is 12.7. The molecule has 29 heavy (non-hydrogen) atoms. The smallest absolute Gasteiger partial charge is 0.243 e. The molecule has 0 aliphatic carbocycles. The number of carbonyl (C=O) groups is 1. The Labute approximate surface area is 179 Å². The molecular weight excluding hydrogens is 410 g/mol. The van der Waals surface area contributed by atoms with Gasteiger partial charge in [-0.1, -0.05) is 48.0 Å². The standard InChI is InChI=1S/C21H27N3O3S.ClH/c1-18-7-9-20(10-8-18)28(26,27)24-15-13-23(14-16-24)12-11-22-21(25)17-19-5-3-2-4-6-19;/h2-10H,11-17H2,1H3,(H,22,25);1H. The predicted molar refractivity (Wildman–Crippen MR) is 117 cm³/mol. The van der Waals surface area contributed by atoms with Crippen LogP contribution in [0.3, 0.4) is 0 Å². The van der Waals surface area contributed by atoms with Gasteiger partial charge in [0.1, 0.15) is 0 Å². The van der Waals surface area contributed by atoms with E-state index in [2.05, 4.69) is 10.2 Å². The molecule has 1 N–H and O–H groups in total. The van der Waals surface area contributed by atoms with Gasteiger partial charge in [-0.2, -0.15) is 4.31 Å². The SMILES string of the molecule is Cc1ccc(S(=O)(=O)N2CCN(CCNC(=O)Cc3ccccc3)CC2)cc1.Cl. The molecule has 6 nitrogen and oxygen atoms in total. The molecule has 158 valence electrons. The van der Waals surface area contributed by atoms with Gasteiger partial charge in [0.25, 0.3) is 0 Å². The number of sulfonamides is 1. The zero-order valence-electron chi connectivity index (χ0n) is 16.6. The van der Waals surface area contributed by atoms with Crippen LogP contribution in [0.1, 0.15) is 11.1 Å². The van der Waals surface area contributed by atoms with Crippen LogP contribution < -0.4 is 5.32 Å². The molecule has 1 saturated heterocycles. The number of nitrogens with one attached hydrogen (secondary N) is 1. The number of carbonyl (C=O) groups excluding carboxylic acids is 1. The first-order valence-electron chi connectivity index (χ1n) is 9.55. The zero-order valence-corrected chi connectivity index (χ0v) is 18.2. The third kappa shape index (κ3) is 6.54. The molecule has 2 aromatic rings. The van der Waals surface area contributed by atoms with Crippen molar-refractivity contribution in [3.63, 3.8) is 0 Å². The predicted octanol–water partition coefficient (Wildman–Crippen LogP) is 2.08. The maximum absolute atomic E-state index is 12.7. The largest absolute Gasteiger partial charge is 0.355 e. The first-order chi connectivity index (χ1) is 13.4. The lowest BCUT2D eigenvalue weighted by Gasteiger charge is -2.34. The quantitative estimate of drug-likeness (QED) is 0.720. The minimum Gasteiger partial charge on any atom is -0.355 e. The van der Waals surface area contributed by atoms with Gasteiger partial charge in [0.2, 0.25) is 15.9 Å². The second-order valence-corrected chi connectivity index (χ2v) is 9.01. The number of nitrogens with zero attached hydrogens (tertiary/aromatic N) is 2. The lowest BCUT2D eigenvalue weighted by molar-refractivity contribution is -0.120. The fourth-order valence-electron chi connectivity index (χ4n) is 3.25. The first-order valence-corrected chi connectivity index (χ1v) is 11.0. The van der Waals surface area contributed by atoms with Gasteiger partial charge >= 0.3 is 0 Å². The highest BCUT2D eigenvalue weighted by Gasteiger charge is 2.28.